The van der Waals surface area contributed by atoms with Crippen LogP contribution in [0.2, 0.25) is 0 Å². The van der Waals surface area contributed by atoms with Crippen LogP contribution < -0.4 is 9.64 Å². The monoisotopic (exact) mass is 281 g/mol. The average molecular weight is 282 g/mol. The Kier molecular flexibility index (Phi) is 4.27. The second kappa shape index (κ2) is 5.93. The maximum Gasteiger partial charge on any atom is 0.318 e. The van der Waals surface area contributed by atoms with Crippen LogP contribution in [0.1, 0.15) is 23.8 Å². The number of benzene rings is 1. The van der Waals surface area contributed by atoms with Crippen molar-refractivity contribution in [2.24, 2.45) is 0 Å². The van der Waals surface area contributed by atoms with E-state index in [1.807, 2.05) is 36.2 Å². The highest BCUT2D eigenvalue weighted by molar-refractivity contribution is 6.20. The van der Waals surface area contributed by atoms with Crippen LogP contribution in [0, 0.1) is 0 Å². The van der Waals surface area contributed by atoms with Crippen LogP contribution in [-0.4, -0.2) is 24.4 Å². The molecule has 0 fully saturated rings. The molecule has 0 aliphatic carbocycles. The second-order valence-corrected chi connectivity index (χ2v) is 4.90. The van der Waals surface area contributed by atoms with Gasteiger partial charge in [0.15, 0.2) is 0 Å². The van der Waals surface area contributed by atoms with Crippen molar-refractivity contribution in [2.75, 3.05) is 19.1 Å². The normalized spacial score (nSPS) is 12.2. The summed E-state index contributed by atoms with van der Waals surface area (Å²) in [6, 6.07) is 8.29. The molecule has 0 N–H and O–H groups in total. The van der Waals surface area contributed by atoms with Gasteiger partial charge < -0.3 is 14.1 Å². The van der Waals surface area contributed by atoms with E-state index < -0.39 is 0 Å². The first-order valence-electron chi connectivity index (χ1n) is 5.91. The predicted octanol–water partition coefficient (Wildman–Crippen LogP) is 3.01. The first-order chi connectivity index (χ1) is 9.10. The van der Waals surface area contributed by atoms with Crippen molar-refractivity contribution < 1.29 is 9.15 Å². The minimum absolute atomic E-state index is 0.286. The van der Waals surface area contributed by atoms with Gasteiger partial charge in [-0.1, -0.05) is 17.2 Å². The van der Waals surface area contributed by atoms with Gasteiger partial charge in [-0.2, -0.15) is 0 Å². The third-order valence-corrected chi connectivity index (χ3v) is 2.84. The molecule has 0 aliphatic rings. The minimum Gasteiger partial charge on any atom is -0.497 e. The van der Waals surface area contributed by atoms with Crippen LogP contribution >= 0.6 is 11.6 Å². The van der Waals surface area contributed by atoms with Crippen LogP contribution in [0.15, 0.2) is 28.7 Å². The molecule has 2 rings (SSSR count). The van der Waals surface area contributed by atoms with E-state index in [-0.39, 0.29) is 5.38 Å². The fourth-order valence-corrected chi connectivity index (χ4v) is 1.74. The molecule has 5 nitrogen and oxygen atoms in total. The lowest BCUT2D eigenvalue weighted by molar-refractivity contribution is 0.414. The summed E-state index contributed by atoms with van der Waals surface area (Å²) in [5.41, 5.74) is 1.10. The number of nitrogens with zero attached hydrogens (tertiary/aromatic N) is 3. The lowest BCUT2D eigenvalue weighted by atomic mass is 10.2. The van der Waals surface area contributed by atoms with Gasteiger partial charge in [-0.05, 0) is 24.6 Å². The Hall–Kier alpha value is -1.75. The highest BCUT2D eigenvalue weighted by Gasteiger charge is 2.14. The number of rotatable bonds is 5. The Morgan fingerprint density at radius 1 is 1.42 bits per heavy atom. The van der Waals surface area contributed by atoms with Crippen molar-refractivity contribution >= 4 is 17.6 Å². The summed E-state index contributed by atoms with van der Waals surface area (Å²) in [5.74, 6) is 1.25. The number of ether oxygens (including phenoxy) is 1. The number of methoxy groups -OCH3 is 1. The van der Waals surface area contributed by atoms with Crippen molar-refractivity contribution in [1.29, 1.82) is 0 Å². The van der Waals surface area contributed by atoms with Crippen molar-refractivity contribution in [1.82, 2.24) is 10.2 Å². The molecular weight excluding hydrogens is 266 g/mol. The van der Waals surface area contributed by atoms with Gasteiger partial charge in [-0.25, -0.2) is 0 Å². The van der Waals surface area contributed by atoms with Gasteiger partial charge in [-0.3, -0.25) is 0 Å². The van der Waals surface area contributed by atoms with Gasteiger partial charge in [0.1, 0.15) is 11.1 Å². The highest BCUT2D eigenvalue weighted by atomic mass is 35.5. The zero-order valence-corrected chi connectivity index (χ0v) is 11.9. The van der Waals surface area contributed by atoms with E-state index in [1.165, 1.54) is 0 Å². The topological polar surface area (TPSA) is 51.4 Å². The van der Waals surface area contributed by atoms with E-state index >= 15 is 0 Å². The van der Waals surface area contributed by atoms with Crippen LogP contribution in [0.3, 0.4) is 0 Å². The van der Waals surface area contributed by atoms with E-state index in [2.05, 4.69) is 10.2 Å². The summed E-state index contributed by atoms with van der Waals surface area (Å²) in [6.07, 6.45) is 0. The molecule has 1 unspecified atom stereocenters. The number of anilines is 1. The summed E-state index contributed by atoms with van der Waals surface area (Å²) in [7, 11) is 3.53. The van der Waals surface area contributed by atoms with Crippen molar-refractivity contribution in [3.63, 3.8) is 0 Å². The Morgan fingerprint density at radius 3 is 2.84 bits per heavy atom. The standard InChI is InChI=1S/C13H16ClN3O2/c1-9(14)12-15-16-13(19-12)17(2)8-10-5-4-6-11(7-10)18-3/h4-7,9H,8H2,1-3H3. The van der Waals surface area contributed by atoms with Crippen LogP contribution in [0.4, 0.5) is 6.01 Å². The molecule has 1 aromatic heterocycles. The molecule has 19 heavy (non-hydrogen) atoms. The lowest BCUT2D eigenvalue weighted by Crippen LogP contribution is -2.16. The van der Waals surface area contributed by atoms with Gasteiger partial charge in [0, 0.05) is 13.6 Å². The third-order valence-electron chi connectivity index (χ3n) is 2.65. The number of halogens is 1. The van der Waals surface area contributed by atoms with Crippen molar-refractivity contribution in [2.45, 2.75) is 18.8 Å². The predicted molar refractivity (Wildman–Crippen MR) is 73.7 cm³/mol. The molecule has 1 aromatic carbocycles. The molecule has 6 heteroatoms. The number of aromatic nitrogens is 2. The molecule has 2 aromatic rings. The summed E-state index contributed by atoms with van der Waals surface area (Å²) in [6.45, 7) is 2.44. The summed E-state index contributed by atoms with van der Waals surface area (Å²) in [4.78, 5) is 1.87. The van der Waals surface area contributed by atoms with E-state index in [0.717, 1.165) is 11.3 Å². The summed E-state index contributed by atoms with van der Waals surface area (Å²) >= 11 is 5.89. The van der Waals surface area contributed by atoms with Gasteiger partial charge in [-0.15, -0.1) is 16.7 Å². The molecule has 0 amide bonds. The molecule has 1 atom stereocenters. The van der Waals surface area contributed by atoms with E-state index in [4.69, 9.17) is 20.8 Å². The quantitative estimate of drug-likeness (QED) is 0.789. The molecule has 1 heterocycles. The smallest absolute Gasteiger partial charge is 0.318 e. The van der Waals surface area contributed by atoms with E-state index in [0.29, 0.717) is 18.5 Å². The average Bonchev–Trinajstić information content (AvgIpc) is 2.89. The van der Waals surface area contributed by atoms with Gasteiger partial charge >= 0.3 is 6.01 Å². The van der Waals surface area contributed by atoms with Gasteiger partial charge in [0.2, 0.25) is 5.89 Å². The molecule has 0 saturated carbocycles. The van der Waals surface area contributed by atoms with Gasteiger partial charge in [0.25, 0.3) is 0 Å². The zero-order chi connectivity index (χ0) is 13.8. The molecule has 0 radical (unpaired) electrons. The Bertz CT molecular complexity index is 542. The maximum absolute atomic E-state index is 5.89. The van der Waals surface area contributed by atoms with Crippen molar-refractivity contribution in [3.05, 3.63) is 35.7 Å². The first kappa shape index (κ1) is 13.7. The van der Waals surface area contributed by atoms with E-state index in [9.17, 15) is 0 Å². The number of hydrogen-bond acceptors (Lipinski definition) is 5. The van der Waals surface area contributed by atoms with E-state index in [1.54, 1.807) is 14.0 Å². The third kappa shape index (κ3) is 3.38. The summed E-state index contributed by atoms with van der Waals surface area (Å²) in [5, 5.41) is 7.58. The molecule has 0 saturated heterocycles. The molecule has 0 bridgehead atoms. The Labute approximate surface area is 117 Å². The molecule has 0 spiro atoms. The largest absolute Gasteiger partial charge is 0.497 e. The fourth-order valence-electron chi connectivity index (χ4n) is 1.65. The Morgan fingerprint density at radius 2 is 2.21 bits per heavy atom. The van der Waals surface area contributed by atoms with Crippen LogP contribution in [0.25, 0.3) is 0 Å². The number of hydrogen-bond donors (Lipinski definition) is 0. The van der Waals surface area contributed by atoms with Crippen LogP contribution in [-0.2, 0) is 6.54 Å². The number of alkyl halides is 1. The first-order valence-corrected chi connectivity index (χ1v) is 6.35. The minimum atomic E-state index is -0.286. The van der Waals surface area contributed by atoms with Crippen LogP contribution in [0.5, 0.6) is 5.75 Å². The maximum atomic E-state index is 5.89. The zero-order valence-electron chi connectivity index (χ0n) is 11.1. The summed E-state index contributed by atoms with van der Waals surface area (Å²) < 4.78 is 10.7. The SMILES string of the molecule is COc1cccc(CN(C)c2nnc(C(C)Cl)o2)c1. The highest BCUT2D eigenvalue weighted by Crippen LogP contribution is 2.22. The second-order valence-electron chi connectivity index (χ2n) is 4.25. The lowest BCUT2D eigenvalue weighted by Gasteiger charge is -2.14. The Balaban J connectivity index is 2.08. The molecule has 0 aliphatic heterocycles. The molecular formula is C13H16ClN3O2. The van der Waals surface area contributed by atoms with Gasteiger partial charge in [0.05, 0.1) is 7.11 Å². The molecule has 102 valence electrons. The fraction of sp³-hybridized carbons (Fsp3) is 0.385. The van der Waals surface area contributed by atoms with Crippen molar-refractivity contribution in [3.8, 4) is 5.75 Å².